The second-order valence-corrected chi connectivity index (χ2v) is 4.76. The summed E-state index contributed by atoms with van der Waals surface area (Å²) in [5.74, 6) is -0.165. The third-order valence-electron chi connectivity index (χ3n) is 2.53. The Morgan fingerprint density at radius 1 is 1.32 bits per heavy atom. The number of amides is 1. The van der Waals surface area contributed by atoms with Crippen molar-refractivity contribution in [1.82, 2.24) is 4.98 Å². The highest BCUT2D eigenvalue weighted by Gasteiger charge is 2.10. The van der Waals surface area contributed by atoms with Crippen molar-refractivity contribution in [3.05, 3.63) is 42.1 Å². The van der Waals surface area contributed by atoms with Gasteiger partial charge in [-0.25, -0.2) is 4.98 Å². The van der Waals surface area contributed by atoms with E-state index in [9.17, 15) is 4.79 Å². The van der Waals surface area contributed by atoms with Crippen molar-refractivity contribution in [2.24, 2.45) is 5.73 Å². The second-order valence-electron chi connectivity index (χ2n) is 3.88. The van der Waals surface area contributed by atoms with Gasteiger partial charge in [-0.15, -0.1) is 11.8 Å². The van der Waals surface area contributed by atoms with Crippen molar-refractivity contribution in [2.45, 2.75) is 4.90 Å². The maximum atomic E-state index is 11.3. The number of primary amides is 1. The molecule has 0 radical (unpaired) electrons. The lowest BCUT2D eigenvalue weighted by atomic mass is 10.2. The van der Waals surface area contributed by atoms with Crippen LogP contribution in [0.3, 0.4) is 0 Å². The van der Waals surface area contributed by atoms with Gasteiger partial charge >= 0.3 is 0 Å². The average Bonchev–Trinajstić information content (AvgIpc) is 2.41. The Hall–Kier alpha value is -2.21. The first-order valence-corrected chi connectivity index (χ1v) is 6.79. The molecule has 5 N–H and O–H groups in total. The van der Waals surface area contributed by atoms with Gasteiger partial charge in [0.15, 0.2) is 0 Å². The predicted octanol–water partition coefficient (Wildman–Crippen LogP) is 2.23. The SMILES string of the molecule is CSc1ccc(Nc2ncc(N)cc2C(N)=O)cc1. The third-order valence-corrected chi connectivity index (χ3v) is 3.27. The summed E-state index contributed by atoms with van der Waals surface area (Å²) in [5.41, 5.74) is 12.4. The van der Waals surface area contributed by atoms with E-state index in [0.717, 1.165) is 10.6 Å². The number of hydrogen-bond acceptors (Lipinski definition) is 5. The Morgan fingerprint density at radius 2 is 2.00 bits per heavy atom. The molecule has 98 valence electrons. The topological polar surface area (TPSA) is 94.0 Å². The quantitative estimate of drug-likeness (QED) is 0.743. The van der Waals surface area contributed by atoms with Gasteiger partial charge in [-0.2, -0.15) is 0 Å². The molecule has 0 unspecified atom stereocenters. The number of nitrogen functional groups attached to an aromatic ring is 1. The average molecular weight is 274 g/mol. The Morgan fingerprint density at radius 3 is 2.58 bits per heavy atom. The normalized spacial score (nSPS) is 10.2. The molecule has 19 heavy (non-hydrogen) atoms. The summed E-state index contributed by atoms with van der Waals surface area (Å²) >= 11 is 1.66. The summed E-state index contributed by atoms with van der Waals surface area (Å²) in [6.45, 7) is 0. The lowest BCUT2D eigenvalue weighted by molar-refractivity contribution is 0.100. The second kappa shape index (κ2) is 5.62. The van der Waals surface area contributed by atoms with Gasteiger partial charge in [-0.1, -0.05) is 0 Å². The van der Waals surface area contributed by atoms with Crippen molar-refractivity contribution >= 4 is 34.9 Å². The molecule has 1 aromatic carbocycles. The summed E-state index contributed by atoms with van der Waals surface area (Å²) in [5, 5.41) is 3.06. The van der Waals surface area contributed by atoms with Crippen LogP contribution >= 0.6 is 11.8 Å². The van der Waals surface area contributed by atoms with Crippen LogP contribution in [0.5, 0.6) is 0 Å². The van der Waals surface area contributed by atoms with Crippen molar-refractivity contribution in [2.75, 3.05) is 17.3 Å². The number of anilines is 3. The van der Waals surface area contributed by atoms with Gasteiger partial charge in [0, 0.05) is 10.6 Å². The molecular weight excluding hydrogens is 260 g/mol. The zero-order valence-corrected chi connectivity index (χ0v) is 11.2. The molecule has 0 spiro atoms. The highest BCUT2D eigenvalue weighted by Crippen LogP contribution is 2.22. The van der Waals surface area contributed by atoms with Crippen molar-refractivity contribution in [3.8, 4) is 0 Å². The zero-order valence-electron chi connectivity index (χ0n) is 10.4. The maximum Gasteiger partial charge on any atom is 0.252 e. The molecule has 0 saturated carbocycles. The van der Waals surface area contributed by atoms with Crippen LogP contribution in [0, 0.1) is 0 Å². The smallest absolute Gasteiger partial charge is 0.252 e. The molecule has 2 aromatic rings. The summed E-state index contributed by atoms with van der Waals surface area (Å²) in [4.78, 5) is 16.6. The van der Waals surface area contributed by atoms with Gasteiger partial charge in [0.2, 0.25) is 0 Å². The van der Waals surface area contributed by atoms with Crippen molar-refractivity contribution in [3.63, 3.8) is 0 Å². The number of pyridine rings is 1. The van der Waals surface area contributed by atoms with E-state index in [1.54, 1.807) is 11.8 Å². The first-order valence-electron chi connectivity index (χ1n) is 5.56. The molecule has 2 rings (SSSR count). The summed E-state index contributed by atoms with van der Waals surface area (Å²) in [6, 6.07) is 9.29. The highest BCUT2D eigenvalue weighted by atomic mass is 32.2. The fourth-order valence-corrected chi connectivity index (χ4v) is 1.99. The molecule has 0 fully saturated rings. The third kappa shape index (κ3) is 3.17. The lowest BCUT2D eigenvalue weighted by Gasteiger charge is -2.10. The number of hydrogen-bond donors (Lipinski definition) is 3. The van der Waals surface area contributed by atoms with Crippen LogP contribution in [-0.2, 0) is 0 Å². The van der Waals surface area contributed by atoms with Crippen LogP contribution in [0.2, 0.25) is 0 Å². The first-order chi connectivity index (χ1) is 9.10. The molecule has 1 aromatic heterocycles. The Labute approximate surface area is 115 Å². The molecule has 0 aliphatic heterocycles. The van der Waals surface area contributed by atoms with Gasteiger partial charge in [-0.3, -0.25) is 4.79 Å². The molecule has 0 atom stereocenters. The molecule has 1 amide bonds. The molecule has 6 heteroatoms. The standard InChI is InChI=1S/C13H14N4OS/c1-19-10-4-2-9(3-5-10)17-13-11(12(15)18)6-8(14)7-16-13/h2-7H,14H2,1H3,(H2,15,18)(H,16,17). The van der Waals surface area contributed by atoms with E-state index < -0.39 is 5.91 Å². The largest absolute Gasteiger partial charge is 0.397 e. The Kier molecular flexibility index (Phi) is 3.91. The molecule has 0 saturated heterocycles. The minimum atomic E-state index is -0.567. The molecule has 0 aliphatic rings. The number of nitrogens with one attached hydrogen (secondary N) is 1. The van der Waals surface area contributed by atoms with Gasteiger partial charge in [0.25, 0.3) is 5.91 Å². The van der Waals surface area contributed by atoms with E-state index in [4.69, 9.17) is 11.5 Å². The van der Waals surface area contributed by atoms with Crippen LogP contribution in [0.1, 0.15) is 10.4 Å². The number of carbonyl (C=O) groups is 1. The number of rotatable bonds is 4. The van der Waals surface area contributed by atoms with Crippen LogP contribution in [-0.4, -0.2) is 17.1 Å². The van der Waals surface area contributed by atoms with Crippen LogP contribution < -0.4 is 16.8 Å². The lowest BCUT2D eigenvalue weighted by Crippen LogP contribution is -2.14. The van der Waals surface area contributed by atoms with Crippen molar-refractivity contribution in [1.29, 1.82) is 0 Å². The van der Waals surface area contributed by atoms with Gasteiger partial charge in [-0.05, 0) is 36.6 Å². The first kappa shape index (κ1) is 13.2. The van der Waals surface area contributed by atoms with E-state index in [-0.39, 0.29) is 5.56 Å². The van der Waals surface area contributed by atoms with Crippen molar-refractivity contribution < 1.29 is 4.79 Å². The maximum absolute atomic E-state index is 11.3. The minimum Gasteiger partial charge on any atom is -0.397 e. The van der Waals surface area contributed by atoms with E-state index in [1.807, 2.05) is 30.5 Å². The number of nitrogens with two attached hydrogens (primary N) is 2. The number of thioether (sulfide) groups is 1. The number of nitrogens with zero attached hydrogens (tertiary/aromatic N) is 1. The van der Waals surface area contributed by atoms with E-state index in [0.29, 0.717) is 11.5 Å². The van der Waals surface area contributed by atoms with E-state index in [1.165, 1.54) is 12.3 Å². The fourth-order valence-electron chi connectivity index (χ4n) is 1.58. The van der Waals surface area contributed by atoms with Gasteiger partial charge in [0.1, 0.15) is 5.82 Å². The number of benzene rings is 1. The summed E-state index contributed by atoms with van der Waals surface area (Å²) < 4.78 is 0. The predicted molar refractivity (Wildman–Crippen MR) is 78.7 cm³/mol. The van der Waals surface area contributed by atoms with Gasteiger partial charge < -0.3 is 16.8 Å². The molecule has 0 aliphatic carbocycles. The molecule has 0 bridgehead atoms. The Balaban J connectivity index is 2.29. The van der Waals surface area contributed by atoms with Crippen LogP contribution in [0.15, 0.2) is 41.4 Å². The summed E-state index contributed by atoms with van der Waals surface area (Å²) in [6.07, 6.45) is 3.49. The molecular formula is C13H14N4OS. The number of carbonyl (C=O) groups excluding carboxylic acids is 1. The summed E-state index contributed by atoms with van der Waals surface area (Å²) in [7, 11) is 0. The molecule has 5 nitrogen and oxygen atoms in total. The van der Waals surface area contributed by atoms with Crippen LogP contribution in [0.25, 0.3) is 0 Å². The van der Waals surface area contributed by atoms with Gasteiger partial charge in [0.05, 0.1) is 17.4 Å². The zero-order chi connectivity index (χ0) is 13.8. The Bertz CT molecular complexity index is 598. The van der Waals surface area contributed by atoms with E-state index in [2.05, 4.69) is 10.3 Å². The number of aromatic nitrogens is 1. The molecule has 1 heterocycles. The monoisotopic (exact) mass is 274 g/mol. The van der Waals surface area contributed by atoms with E-state index >= 15 is 0 Å². The van der Waals surface area contributed by atoms with Crippen LogP contribution in [0.4, 0.5) is 17.2 Å². The fraction of sp³-hybridized carbons (Fsp3) is 0.0769. The minimum absolute atomic E-state index is 0.272. The highest BCUT2D eigenvalue weighted by molar-refractivity contribution is 7.98.